The number of halogens is 1. The van der Waals surface area contributed by atoms with Crippen molar-refractivity contribution in [3.63, 3.8) is 0 Å². The van der Waals surface area contributed by atoms with E-state index in [-0.39, 0.29) is 5.82 Å². The summed E-state index contributed by atoms with van der Waals surface area (Å²) < 4.78 is 21.1. The number of aryl methyl sites for hydroxylation is 1. The molecule has 2 aromatic heterocycles. The van der Waals surface area contributed by atoms with Gasteiger partial charge in [-0.2, -0.15) is 0 Å². The quantitative estimate of drug-likeness (QED) is 0.316. The van der Waals surface area contributed by atoms with Gasteiger partial charge in [0, 0.05) is 48.4 Å². The molecule has 34 heavy (non-hydrogen) atoms. The second-order valence-corrected chi connectivity index (χ2v) is 10.0. The first-order valence-electron chi connectivity index (χ1n) is 11.3. The molecule has 0 unspecified atom stereocenters. The van der Waals surface area contributed by atoms with Crippen LogP contribution in [0.1, 0.15) is 11.3 Å². The summed E-state index contributed by atoms with van der Waals surface area (Å²) in [4.78, 5) is 7.21. The number of ether oxygens (including phenoxy) is 1. The predicted molar refractivity (Wildman–Crippen MR) is 135 cm³/mol. The highest BCUT2D eigenvalue weighted by Crippen LogP contribution is 2.29. The van der Waals surface area contributed by atoms with Crippen LogP contribution in [0, 0.1) is 12.7 Å². The third-order valence-electron chi connectivity index (χ3n) is 5.76. The number of nitrogens with zero attached hydrogens (tertiary/aromatic N) is 5. The summed E-state index contributed by atoms with van der Waals surface area (Å²) in [6.45, 7) is 7.12. The SMILES string of the molecule is Cc1ccc(-c2nc(CSc3nnc(-c4ccc(F)cc4)n3CCN3CCOCC3)cs2)cc1. The van der Waals surface area contributed by atoms with Gasteiger partial charge in [-0.05, 0) is 31.2 Å². The summed E-state index contributed by atoms with van der Waals surface area (Å²) in [6.07, 6.45) is 0. The van der Waals surface area contributed by atoms with Crippen molar-refractivity contribution < 1.29 is 9.13 Å². The second-order valence-electron chi connectivity index (χ2n) is 8.22. The van der Waals surface area contributed by atoms with Gasteiger partial charge in [0.2, 0.25) is 0 Å². The summed E-state index contributed by atoms with van der Waals surface area (Å²) in [5.74, 6) is 1.21. The summed E-state index contributed by atoms with van der Waals surface area (Å²) >= 11 is 3.29. The Kier molecular flexibility index (Phi) is 7.34. The molecule has 0 saturated carbocycles. The third-order valence-corrected chi connectivity index (χ3v) is 7.70. The van der Waals surface area contributed by atoms with E-state index < -0.39 is 0 Å². The molecule has 4 aromatic rings. The van der Waals surface area contributed by atoms with Crippen LogP contribution in [-0.2, 0) is 17.0 Å². The second kappa shape index (κ2) is 10.8. The topological polar surface area (TPSA) is 56.1 Å². The lowest BCUT2D eigenvalue weighted by Gasteiger charge is -2.27. The minimum absolute atomic E-state index is 0.259. The van der Waals surface area contributed by atoms with Crippen molar-refractivity contribution in [1.29, 1.82) is 0 Å². The Balaban J connectivity index is 1.33. The van der Waals surface area contributed by atoms with Crippen LogP contribution in [0.15, 0.2) is 59.1 Å². The van der Waals surface area contributed by atoms with E-state index >= 15 is 0 Å². The number of benzene rings is 2. The van der Waals surface area contributed by atoms with Crippen LogP contribution in [0.4, 0.5) is 4.39 Å². The molecule has 1 aliphatic heterocycles. The van der Waals surface area contributed by atoms with Crippen LogP contribution in [0.5, 0.6) is 0 Å². The van der Waals surface area contributed by atoms with E-state index in [0.29, 0.717) is 5.75 Å². The van der Waals surface area contributed by atoms with Crippen LogP contribution in [0.25, 0.3) is 22.0 Å². The molecule has 9 heteroatoms. The normalized spacial score (nSPS) is 14.5. The molecule has 1 saturated heterocycles. The molecule has 1 aliphatic rings. The van der Waals surface area contributed by atoms with E-state index in [9.17, 15) is 4.39 Å². The molecule has 0 bridgehead atoms. The molecule has 1 fully saturated rings. The standard InChI is InChI=1S/C25H26FN5OS2/c1-18-2-4-20(5-3-18)24-27-22(16-33-24)17-34-25-29-28-23(19-6-8-21(26)9-7-19)31(25)11-10-30-12-14-32-15-13-30/h2-9,16H,10-15,17H2,1H3. The maximum atomic E-state index is 13.5. The van der Waals surface area contributed by atoms with Crippen LogP contribution in [-0.4, -0.2) is 57.5 Å². The molecule has 6 nitrogen and oxygen atoms in total. The average molecular weight is 496 g/mol. The zero-order chi connectivity index (χ0) is 23.3. The minimum Gasteiger partial charge on any atom is -0.379 e. The fourth-order valence-electron chi connectivity index (χ4n) is 3.82. The lowest BCUT2D eigenvalue weighted by Crippen LogP contribution is -2.38. The largest absolute Gasteiger partial charge is 0.379 e. The van der Waals surface area contributed by atoms with Gasteiger partial charge in [0.1, 0.15) is 10.8 Å². The van der Waals surface area contributed by atoms with Crippen molar-refractivity contribution in [2.75, 3.05) is 32.8 Å². The van der Waals surface area contributed by atoms with Gasteiger partial charge >= 0.3 is 0 Å². The van der Waals surface area contributed by atoms with E-state index in [1.54, 1.807) is 35.2 Å². The summed E-state index contributed by atoms with van der Waals surface area (Å²) in [5.41, 5.74) is 4.26. The maximum absolute atomic E-state index is 13.5. The van der Waals surface area contributed by atoms with Gasteiger partial charge in [0.25, 0.3) is 0 Å². The molecule has 3 heterocycles. The van der Waals surface area contributed by atoms with Crippen molar-refractivity contribution in [3.8, 4) is 22.0 Å². The number of hydrogen-bond donors (Lipinski definition) is 0. The summed E-state index contributed by atoms with van der Waals surface area (Å²) in [6, 6.07) is 14.9. The Morgan fingerprint density at radius 3 is 2.47 bits per heavy atom. The molecule has 5 rings (SSSR count). The van der Waals surface area contributed by atoms with E-state index in [1.807, 2.05) is 0 Å². The van der Waals surface area contributed by atoms with E-state index in [1.165, 1.54) is 17.7 Å². The Morgan fingerprint density at radius 1 is 0.971 bits per heavy atom. The molecule has 2 aromatic carbocycles. The van der Waals surface area contributed by atoms with Crippen molar-refractivity contribution in [3.05, 3.63) is 71.0 Å². The van der Waals surface area contributed by atoms with Crippen LogP contribution < -0.4 is 0 Å². The van der Waals surface area contributed by atoms with Gasteiger partial charge in [-0.25, -0.2) is 9.37 Å². The fraction of sp³-hybridized carbons (Fsp3) is 0.320. The molecular formula is C25H26FN5OS2. The molecule has 0 aliphatic carbocycles. The number of aromatic nitrogens is 4. The fourth-order valence-corrected chi connectivity index (χ4v) is 5.60. The number of hydrogen-bond acceptors (Lipinski definition) is 7. The lowest BCUT2D eigenvalue weighted by atomic mass is 10.2. The van der Waals surface area contributed by atoms with Gasteiger partial charge in [-0.3, -0.25) is 4.90 Å². The minimum atomic E-state index is -0.259. The third kappa shape index (κ3) is 5.55. The zero-order valence-electron chi connectivity index (χ0n) is 19.0. The molecule has 176 valence electrons. The monoisotopic (exact) mass is 495 g/mol. The van der Waals surface area contributed by atoms with Crippen molar-refractivity contribution >= 4 is 23.1 Å². The maximum Gasteiger partial charge on any atom is 0.191 e. The molecule has 0 atom stereocenters. The summed E-state index contributed by atoms with van der Waals surface area (Å²) in [7, 11) is 0. The van der Waals surface area contributed by atoms with Gasteiger partial charge in [0.15, 0.2) is 11.0 Å². The van der Waals surface area contributed by atoms with Crippen LogP contribution in [0.3, 0.4) is 0 Å². The number of thiazole rings is 1. The highest BCUT2D eigenvalue weighted by molar-refractivity contribution is 7.98. The smallest absolute Gasteiger partial charge is 0.191 e. The first-order valence-corrected chi connectivity index (χ1v) is 13.2. The molecule has 0 spiro atoms. The van der Waals surface area contributed by atoms with Gasteiger partial charge in [-0.15, -0.1) is 21.5 Å². The summed E-state index contributed by atoms with van der Waals surface area (Å²) in [5, 5.41) is 12.9. The first-order chi connectivity index (χ1) is 16.7. The Morgan fingerprint density at radius 2 is 1.71 bits per heavy atom. The number of morpholine rings is 1. The first kappa shape index (κ1) is 23.2. The number of thioether (sulfide) groups is 1. The molecule has 0 amide bonds. The van der Waals surface area contributed by atoms with Crippen LogP contribution in [0.2, 0.25) is 0 Å². The predicted octanol–water partition coefficient (Wildman–Crippen LogP) is 5.14. The van der Waals surface area contributed by atoms with Gasteiger partial charge in [-0.1, -0.05) is 41.6 Å². The molecule has 0 N–H and O–H groups in total. The molecular weight excluding hydrogens is 469 g/mol. The van der Waals surface area contributed by atoms with Crippen molar-refractivity contribution in [2.24, 2.45) is 0 Å². The van der Waals surface area contributed by atoms with E-state index in [0.717, 1.165) is 72.2 Å². The van der Waals surface area contributed by atoms with Crippen LogP contribution >= 0.6 is 23.1 Å². The Labute approximate surface area is 206 Å². The number of rotatable bonds is 8. The van der Waals surface area contributed by atoms with E-state index in [2.05, 4.69) is 56.2 Å². The average Bonchev–Trinajstić information content (AvgIpc) is 3.50. The van der Waals surface area contributed by atoms with Gasteiger partial charge in [0.05, 0.1) is 18.9 Å². The van der Waals surface area contributed by atoms with E-state index in [4.69, 9.17) is 9.72 Å². The highest BCUT2D eigenvalue weighted by Gasteiger charge is 2.18. The molecule has 0 radical (unpaired) electrons. The lowest BCUT2D eigenvalue weighted by molar-refractivity contribution is 0.0361. The Hall–Kier alpha value is -2.59. The zero-order valence-corrected chi connectivity index (χ0v) is 20.6. The Bertz CT molecular complexity index is 1220. The van der Waals surface area contributed by atoms with Gasteiger partial charge < -0.3 is 9.30 Å². The van der Waals surface area contributed by atoms with Crippen molar-refractivity contribution in [2.45, 2.75) is 24.4 Å². The highest BCUT2D eigenvalue weighted by atomic mass is 32.2. The van der Waals surface area contributed by atoms with Crippen molar-refractivity contribution in [1.82, 2.24) is 24.6 Å².